The smallest absolute Gasteiger partial charge is 0.123 e. The maximum atomic E-state index is 12.9. The summed E-state index contributed by atoms with van der Waals surface area (Å²) >= 11 is 3.37. The summed E-state index contributed by atoms with van der Waals surface area (Å²) < 4.78 is 13.6. The Balaban J connectivity index is 2.09. The average molecular weight is 333 g/mol. The van der Waals surface area contributed by atoms with Gasteiger partial charge in [-0.25, -0.2) is 4.39 Å². The van der Waals surface area contributed by atoms with Crippen LogP contribution in [0.15, 0.2) is 46.9 Å². The minimum Gasteiger partial charge on any atom is -0.381 e. The fourth-order valence-corrected chi connectivity index (χ4v) is 2.50. The molecule has 1 unspecified atom stereocenters. The third kappa shape index (κ3) is 3.58. The van der Waals surface area contributed by atoms with Crippen LogP contribution in [0.2, 0.25) is 0 Å². The Morgan fingerprint density at radius 2 is 1.95 bits per heavy atom. The number of rotatable bonds is 4. The van der Waals surface area contributed by atoms with Gasteiger partial charge >= 0.3 is 0 Å². The van der Waals surface area contributed by atoms with Crippen LogP contribution in [0.5, 0.6) is 0 Å². The quantitative estimate of drug-likeness (QED) is 0.894. The first-order chi connectivity index (χ1) is 9.60. The molecule has 0 radical (unpaired) electrons. The molecule has 0 aliphatic rings. The van der Waals surface area contributed by atoms with Gasteiger partial charge in [-0.05, 0) is 59.1 Å². The number of benzene rings is 2. The molecule has 1 N–H and O–H groups in total. The minimum atomic E-state index is -0.229. The maximum Gasteiger partial charge on any atom is 0.123 e. The predicted octanol–water partition coefficient (Wildman–Crippen LogP) is 4.50. The second kappa shape index (κ2) is 6.53. The van der Waals surface area contributed by atoms with Gasteiger partial charge in [0.15, 0.2) is 0 Å². The van der Waals surface area contributed by atoms with E-state index in [-0.39, 0.29) is 11.9 Å². The SMILES string of the molecule is CC(Cc1ccc(F)cc1)Nc1cccc(Br)c1C#N. The molecular weight excluding hydrogens is 319 g/mol. The van der Waals surface area contributed by atoms with Crippen LogP contribution in [0.4, 0.5) is 10.1 Å². The molecule has 0 spiro atoms. The first kappa shape index (κ1) is 14.5. The highest BCUT2D eigenvalue weighted by atomic mass is 79.9. The van der Waals surface area contributed by atoms with Crippen LogP contribution in [0.1, 0.15) is 18.1 Å². The molecule has 102 valence electrons. The number of anilines is 1. The number of halogens is 2. The number of hydrogen-bond acceptors (Lipinski definition) is 2. The van der Waals surface area contributed by atoms with E-state index in [0.29, 0.717) is 5.56 Å². The van der Waals surface area contributed by atoms with Crippen LogP contribution < -0.4 is 5.32 Å². The van der Waals surface area contributed by atoms with Gasteiger partial charge in [-0.2, -0.15) is 5.26 Å². The van der Waals surface area contributed by atoms with Crippen molar-refractivity contribution in [2.75, 3.05) is 5.32 Å². The van der Waals surface area contributed by atoms with Crippen molar-refractivity contribution in [1.29, 1.82) is 5.26 Å². The van der Waals surface area contributed by atoms with Gasteiger partial charge in [-0.1, -0.05) is 18.2 Å². The van der Waals surface area contributed by atoms with Gasteiger partial charge in [0.05, 0.1) is 11.3 Å². The van der Waals surface area contributed by atoms with E-state index in [0.717, 1.165) is 22.1 Å². The zero-order valence-corrected chi connectivity index (χ0v) is 12.6. The molecular formula is C16H14BrFN2. The van der Waals surface area contributed by atoms with Gasteiger partial charge in [0.1, 0.15) is 11.9 Å². The van der Waals surface area contributed by atoms with Gasteiger partial charge in [0.25, 0.3) is 0 Å². The van der Waals surface area contributed by atoms with Gasteiger partial charge in [0, 0.05) is 10.5 Å². The summed E-state index contributed by atoms with van der Waals surface area (Å²) in [7, 11) is 0. The van der Waals surface area contributed by atoms with E-state index < -0.39 is 0 Å². The van der Waals surface area contributed by atoms with Crippen molar-refractivity contribution in [2.45, 2.75) is 19.4 Å². The van der Waals surface area contributed by atoms with E-state index in [2.05, 4.69) is 27.3 Å². The molecule has 0 aliphatic heterocycles. The second-order valence-corrected chi connectivity index (χ2v) is 5.50. The van der Waals surface area contributed by atoms with E-state index in [1.54, 1.807) is 12.1 Å². The molecule has 0 bridgehead atoms. The van der Waals surface area contributed by atoms with Gasteiger partial charge in [-0.15, -0.1) is 0 Å². The van der Waals surface area contributed by atoms with Crippen LogP contribution in [0.25, 0.3) is 0 Å². The molecule has 1 atom stereocenters. The molecule has 20 heavy (non-hydrogen) atoms. The number of nitrogens with zero attached hydrogens (tertiary/aromatic N) is 1. The molecule has 0 aliphatic carbocycles. The predicted molar refractivity (Wildman–Crippen MR) is 82.0 cm³/mol. The van der Waals surface area contributed by atoms with Gasteiger partial charge in [0.2, 0.25) is 0 Å². The molecule has 4 heteroatoms. The molecule has 2 nitrogen and oxygen atoms in total. The van der Waals surface area contributed by atoms with Crippen molar-refractivity contribution in [3.05, 3.63) is 63.9 Å². The van der Waals surface area contributed by atoms with Crippen LogP contribution in [0, 0.1) is 17.1 Å². The number of hydrogen-bond donors (Lipinski definition) is 1. The third-order valence-electron chi connectivity index (χ3n) is 2.98. The summed E-state index contributed by atoms with van der Waals surface area (Å²) in [4.78, 5) is 0. The maximum absolute atomic E-state index is 12.9. The van der Waals surface area contributed by atoms with Gasteiger partial charge < -0.3 is 5.32 Å². The topological polar surface area (TPSA) is 35.8 Å². The van der Waals surface area contributed by atoms with E-state index in [4.69, 9.17) is 0 Å². The van der Waals surface area contributed by atoms with Crippen molar-refractivity contribution in [3.8, 4) is 6.07 Å². The van der Waals surface area contributed by atoms with Crippen LogP contribution in [-0.4, -0.2) is 6.04 Å². The Hall–Kier alpha value is -1.86. The molecule has 0 amide bonds. The summed E-state index contributed by atoms with van der Waals surface area (Å²) in [5.74, 6) is -0.229. The van der Waals surface area contributed by atoms with E-state index in [9.17, 15) is 9.65 Å². The molecule has 0 heterocycles. The second-order valence-electron chi connectivity index (χ2n) is 4.65. The monoisotopic (exact) mass is 332 g/mol. The lowest BCUT2D eigenvalue weighted by atomic mass is 10.1. The fourth-order valence-electron chi connectivity index (χ4n) is 2.05. The Morgan fingerprint density at radius 3 is 2.60 bits per heavy atom. The van der Waals surface area contributed by atoms with Gasteiger partial charge in [-0.3, -0.25) is 0 Å². The molecule has 0 saturated carbocycles. The minimum absolute atomic E-state index is 0.141. The Morgan fingerprint density at radius 1 is 1.25 bits per heavy atom. The van der Waals surface area contributed by atoms with Crippen LogP contribution in [-0.2, 0) is 6.42 Å². The summed E-state index contributed by atoms with van der Waals surface area (Å²) in [6, 6.07) is 14.4. The van der Waals surface area contributed by atoms with E-state index >= 15 is 0 Å². The lowest BCUT2D eigenvalue weighted by Gasteiger charge is -2.17. The highest BCUT2D eigenvalue weighted by Gasteiger charge is 2.09. The number of nitriles is 1. The third-order valence-corrected chi connectivity index (χ3v) is 3.64. The lowest BCUT2D eigenvalue weighted by molar-refractivity contribution is 0.626. The van der Waals surface area contributed by atoms with Crippen molar-refractivity contribution < 1.29 is 4.39 Å². The summed E-state index contributed by atoms with van der Waals surface area (Å²) in [6.07, 6.45) is 0.762. The standard InChI is InChI=1S/C16H14BrFN2/c1-11(9-12-5-7-13(18)8-6-12)20-16-4-2-3-15(17)14(16)10-19/h2-8,11,20H,9H2,1H3. The zero-order valence-electron chi connectivity index (χ0n) is 11.0. The average Bonchev–Trinajstić information content (AvgIpc) is 2.42. The van der Waals surface area contributed by atoms with Crippen molar-refractivity contribution in [2.24, 2.45) is 0 Å². The van der Waals surface area contributed by atoms with E-state index in [1.807, 2.05) is 25.1 Å². The lowest BCUT2D eigenvalue weighted by Crippen LogP contribution is -2.18. The normalized spacial score (nSPS) is 11.7. The Bertz CT molecular complexity index is 632. The Kier molecular flexibility index (Phi) is 4.75. The first-order valence-corrected chi connectivity index (χ1v) is 7.09. The molecule has 2 aromatic carbocycles. The fraction of sp³-hybridized carbons (Fsp3) is 0.188. The molecule has 0 aromatic heterocycles. The molecule has 2 aromatic rings. The summed E-state index contributed by atoms with van der Waals surface area (Å²) in [5.41, 5.74) is 2.45. The van der Waals surface area contributed by atoms with Crippen molar-refractivity contribution in [3.63, 3.8) is 0 Å². The molecule has 0 saturated heterocycles. The molecule has 2 rings (SSSR count). The van der Waals surface area contributed by atoms with Crippen molar-refractivity contribution in [1.82, 2.24) is 0 Å². The zero-order chi connectivity index (χ0) is 14.5. The largest absolute Gasteiger partial charge is 0.381 e. The van der Waals surface area contributed by atoms with Crippen molar-refractivity contribution >= 4 is 21.6 Å². The van der Waals surface area contributed by atoms with E-state index in [1.165, 1.54) is 12.1 Å². The summed E-state index contributed by atoms with van der Waals surface area (Å²) in [5, 5.41) is 12.5. The number of nitrogens with one attached hydrogen (secondary N) is 1. The van der Waals surface area contributed by atoms with Crippen LogP contribution in [0.3, 0.4) is 0 Å². The summed E-state index contributed by atoms with van der Waals surface area (Å²) in [6.45, 7) is 2.03. The highest BCUT2D eigenvalue weighted by molar-refractivity contribution is 9.10. The molecule has 0 fully saturated rings. The highest BCUT2D eigenvalue weighted by Crippen LogP contribution is 2.24. The van der Waals surface area contributed by atoms with Crippen LogP contribution >= 0.6 is 15.9 Å². The first-order valence-electron chi connectivity index (χ1n) is 6.29. The Labute approximate surface area is 126 Å².